The minimum atomic E-state index is 0.0829. The molecule has 1 aliphatic heterocycles. The molecule has 0 atom stereocenters. The van der Waals surface area contributed by atoms with Gasteiger partial charge in [0.25, 0.3) is 5.91 Å². The highest BCUT2D eigenvalue weighted by atomic mass is 16.2. The van der Waals surface area contributed by atoms with Gasteiger partial charge in [-0.05, 0) is 23.8 Å². The van der Waals surface area contributed by atoms with E-state index in [1.165, 1.54) is 5.56 Å². The van der Waals surface area contributed by atoms with Crippen molar-refractivity contribution in [2.24, 2.45) is 0 Å². The molecule has 2 aromatic heterocycles. The van der Waals surface area contributed by atoms with Crippen molar-refractivity contribution in [3.63, 3.8) is 0 Å². The normalized spacial score (nSPS) is 14.5. The van der Waals surface area contributed by atoms with Gasteiger partial charge in [0, 0.05) is 51.3 Å². The van der Waals surface area contributed by atoms with Crippen LogP contribution in [0.2, 0.25) is 0 Å². The number of anilines is 1. The van der Waals surface area contributed by atoms with Gasteiger partial charge < -0.3 is 14.4 Å². The minimum Gasteiger partial charge on any atom is -0.339 e. The molecule has 0 spiro atoms. The Hall–Kier alpha value is -3.15. The van der Waals surface area contributed by atoms with Crippen LogP contribution < -0.4 is 4.90 Å². The maximum absolute atomic E-state index is 13.0. The Kier molecular flexibility index (Phi) is 4.64. The molecule has 1 aromatic carbocycles. The third-order valence-electron chi connectivity index (χ3n) is 4.65. The molecule has 0 N–H and O–H groups in total. The molecule has 0 saturated carbocycles. The van der Waals surface area contributed by atoms with Crippen molar-refractivity contribution in [2.75, 3.05) is 31.1 Å². The second-order valence-electron chi connectivity index (χ2n) is 6.33. The van der Waals surface area contributed by atoms with Gasteiger partial charge in [0.2, 0.25) is 5.95 Å². The second-order valence-corrected chi connectivity index (χ2v) is 6.33. The van der Waals surface area contributed by atoms with Gasteiger partial charge in [-0.2, -0.15) is 0 Å². The summed E-state index contributed by atoms with van der Waals surface area (Å²) in [7, 11) is 0. The molecule has 6 nitrogen and oxygen atoms in total. The van der Waals surface area contributed by atoms with Gasteiger partial charge in [-0.25, -0.2) is 9.97 Å². The summed E-state index contributed by atoms with van der Waals surface area (Å²) in [6.45, 7) is 3.54. The Morgan fingerprint density at radius 3 is 2.35 bits per heavy atom. The van der Waals surface area contributed by atoms with Crippen molar-refractivity contribution >= 4 is 11.9 Å². The van der Waals surface area contributed by atoms with E-state index in [9.17, 15) is 4.79 Å². The van der Waals surface area contributed by atoms with Crippen LogP contribution in [-0.2, 0) is 6.54 Å². The quantitative estimate of drug-likeness (QED) is 0.727. The maximum Gasteiger partial charge on any atom is 0.270 e. The third-order valence-corrected chi connectivity index (χ3v) is 4.65. The summed E-state index contributed by atoms with van der Waals surface area (Å²) in [6, 6.07) is 15.8. The van der Waals surface area contributed by atoms with Crippen LogP contribution in [0.5, 0.6) is 0 Å². The molecule has 26 heavy (non-hydrogen) atoms. The lowest BCUT2D eigenvalue weighted by atomic mass is 10.2. The van der Waals surface area contributed by atoms with Gasteiger partial charge in [0.1, 0.15) is 5.69 Å². The fourth-order valence-electron chi connectivity index (χ4n) is 3.25. The average Bonchev–Trinajstić information content (AvgIpc) is 3.17. The van der Waals surface area contributed by atoms with Crippen LogP contribution >= 0.6 is 0 Å². The van der Waals surface area contributed by atoms with Crippen LogP contribution in [0.1, 0.15) is 16.1 Å². The fraction of sp³-hybridized carbons (Fsp3) is 0.250. The topological polar surface area (TPSA) is 54.3 Å². The summed E-state index contributed by atoms with van der Waals surface area (Å²) >= 11 is 0. The molecule has 1 amide bonds. The van der Waals surface area contributed by atoms with E-state index in [2.05, 4.69) is 27.0 Å². The highest BCUT2D eigenvalue weighted by Crippen LogP contribution is 2.14. The van der Waals surface area contributed by atoms with Crippen LogP contribution in [0.25, 0.3) is 0 Å². The van der Waals surface area contributed by atoms with Crippen molar-refractivity contribution in [3.05, 3.63) is 78.4 Å². The Labute approximate surface area is 152 Å². The molecule has 6 heteroatoms. The number of rotatable bonds is 4. The first-order valence-electron chi connectivity index (χ1n) is 8.81. The van der Waals surface area contributed by atoms with Crippen molar-refractivity contribution < 1.29 is 4.79 Å². The van der Waals surface area contributed by atoms with Gasteiger partial charge in [-0.1, -0.05) is 30.3 Å². The van der Waals surface area contributed by atoms with E-state index >= 15 is 0 Å². The van der Waals surface area contributed by atoms with E-state index in [0.29, 0.717) is 19.6 Å². The Balaban J connectivity index is 1.42. The Morgan fingerprint density at radius 1 is 0.885 bits per heavy atom. The highest BCUT2D eigenvalue weighted by Gasteiger charge is 2.24. The Bertz CT molecular complexity index is 854. The van der Waals surface area contributed by atoms with Gasteiger partial charge in [-0.15, -0.1) is 0 Å². The number of hydrogen-bond acceptors (Lipinski definition) is 4. The summed E-state index contributed by atoms with van der Waals surface area (Å²) in [5.41, 5.74) is 1.92. The first-order chi connectivity index (χ1) is 12.8. The number of amides is 1. The van der Waals surface area contributed by atoms with Gasteiger partial charge >= 0.3 is 0 Å². The second kappa shape index (κ2) is 7.39. The number of carbonyl (C=O) groups excluding carboxylic acids is 1. The number of benzene rings is 1. The fourth-order valence-corrected chi connectivity index (χ4v) is 3.25. The number of piperazine rings is 1. The lowest BCUT2D eigenvalue weighted by Crippen LogP contribution is -2.49. The van der Waals surface area contributed by atoms with Crippen LogP contribution in [-0.4, -0.2) is 51.5 Å². The predicted octanol–water partition coefficient (Wildman–Crippen LogP) is 2.29. The number of aromatic nitrogens is 3. The van der Waals surface area contributed by atoms with Crippen LogP contribution in [0, 0.1) is 0 Å². The zero-order chi connectivity index (χ0) is 17.8. The molecule has 0 unspecified atom stereocenters. The van der Waals surface area contributed by atoms with Crippen LogP contribution in [0.3, 0.4) is 0 Å². The summed E-state index contributed by atoms with van der Waals surface area (Å²) < 4.78 is 2.02. The summed E-state index contributed by atoms with van der Waals surface area (Å²) in [4.78, 5) is 25.6. The lowest BCUT2D eigenvalue weighted by molar-refractivity contribution is 0.0736. The van der Waals surface area contributed by atoms with Crippen molar-refractivity contribution in [3.8, 4) is 0 Å². The molecular formula is C20H21N5O. The van der Waals surface area contributed by atoms with Crippen molar-refractivity contribution in [2.45, 2.75) is 6.54 Å². The van der Waals surface area contributed by atoms with E-state index in [0.717, 1.165) is 24.7 Å². The van der Waals surface area contributed by atoms with Gasteiger partial charge in [0.15, 0.2) is 0 Å². The van der Waals surface area contributed by atoms with E-state index < -0.39 is 0 Å². The molecule has 0 bridgehead atoms. The number of carbonyl (C=O) groups is 1. The molecule has 1 fully saturated rings. The molecule has 132 valence electrons. The van der Waals surface area contributed by atoms with Crippen molar-refractivity contribution in [1.29, 1.82) is 0 Å². The van der Waals surface area contributed by atoms with Gasteiger partial charge in [0.05, 0.1) is 0 Å². The van der Waals surface area contributed by atoms with Crippen LogP contribution in [0.15, 0.2) is 67.1 Å². The van der Waals surface area contributed by atoms with E-state index in [-0.39, 0.29) is 5.91 Å². The van der Waals surface area contributed by atoms with Gasteiger partial charge in [-0.3, -0.25) is 4.79 Å². The summed E-state index contributed by atoms with van der Waals surface area (Å²) in [5, 5.41) is 0. The van der Waals surface area contributed by atoms with Crippen LogP contribution in [0.4, 0.5) is 5.95 Å². The zero-order valence-corrected chi connectivity index (χ0v) is 14.5. The van der Waals surface area contributed by atoms with E-state index in [4.69, 9.17) is 0 Å². The molecule has 0 aliphatic carbocycles. The maximum atomic E-state index is 13.0. The summed E-state index contributed by atoms with van der Waals surface area (Å²) in [6.07, 6.45) is 5.46. The molecule has 1 saturated heterocycles. The van der Waals surface area contributed by atoms with Crippen molar-refractivity contribution in [1.82, 2.24) is 19.4 Å². The smallest absolute Gasteiger partial charge is 0.270 e. The molecule has 1 aliphatic rings. The average molecular weight is 347 g/mol. The minimum absolute atomic E-state index is 0.0829. The molecule has 4 rings (SSSR count). The van der Waals surface area contributed by atoms with E-state index in [1.807, 2.05) is 52.1 Å². The van der Waals surface area contributed by atoms with E-state index in [1.54, 1.807) is 12.4 Å². The predicted molar refractivity (Wildman–Crippen MR) is 100 cm³/mol. The zero-order valence-electron chi connectivity index (χ0n) is 14.5. The molecule has 3 heterocycles. The summed E-state index contributed by atoms with van der Waals surface area (Å²) in [5.74, 6) is 0.812. The standard InChI is InChI=1S/C20H21N5O/c26-19(18-8-4-11-25(18)16-17-6-2-1-3-7-17)23-12-14-24(15-13-23)20-21-9-5-10-22-20/h1-11H,12-16H2. The highest BCUT2D eigenvalue weighted by molar-refractivity contribution is 5.93. The largest absolute Gasteiger partial charge is 0.339 e. The Morgan fingerprint density at radius 2 is 1.62 bits per heavy atom. The first kappa shape index (κ1) is 16.3. The lowest BCUT2D eigenvalue weighted by Gasteiger charge is -2.34. The molecule has 3 aromatic rings. The SMILES string of the molecule is O=C(c1cccn1Cc1ccccc1)N1CCN(c2ncccn2)CC1. The number of nitrogens with zero attached hydrogens (tertiary/aromatic N) is 5. The monoisotopic (exact) mass is 347 g/mol. The molecule has 0 radical (unpaired) electrons. The first-order valence-corrected chi connectivity index (χ1v) is 8.81. The number of hydrogen-bond donors (Lipinski definition) is 0. The molecular weight excluding hydrogens is 326 g/mol. The third kappa shape index (κ3) is 3.44.